The van der Waals surface area contributed by atoms with Crippen LogP contribution in [0.1, 0.15) is 40.2 Å². The van der Waals surface area contributed by atoms with E-state index in [4.69, 9.17) is 9.40 Å². The van der Waals surface area contributed by atoms with E-state index in [9.17, 15) is 5.11 Å². The van der Waals surface area contributed by atoms with Crippen molar-refractivity contribution in [2.24, 2.45) is 0 Å². The molecule has 0 aliphatic carbocycles. The van der Waals surface area contributed by atoms with Gasteiger partial charge >= 0.3 is 0 Å². The molecule has 1 atom stereocenters. The Labute approximate surface area is 163 Å². The zero-order valence-electron chi connectivity index (χ0n) is 15.9. The molecule has 28 heavy (non-hydrogen) atoms. The first-order valence-electron chi connectivity index (χ1n) is 9.68. The Morgan fingerprint density at radius 2 is 1.96 bits per heavy atom. The molecular formula is C23H23N3O2. The summed E-state index contributed by atoms with van der Waals surface area (Å²) < 4.78 is 5.77. The average molecular weight is 373 g/mol. The van der Waals surface area contributed by atoms with Crippen LogP contribution in [0.5, 0.6) is 0 Å². The fourth-order valence-corrected chi connectivity index (χ4v) is 4.30. The Morgan fingerprint density at radius 3 is 2.79 bits per heavy atom. The topological polar surface area (TPSA) is 65.3 Å². The van der Waals surface area contributed by atoms with Gasteiger partial charge in [0.05, 0.1) is 18.3 Å². The van der Waals surface area contributed by atoms with Gasteiger partial charge in [-0.1, -0.05) is 24.3 Å². The molecule has 4 aromatic rings. The predicted molar refractivity (Wildman–Crippen MR) is 108 cm³/mol. The summed E-state index contributed by atoms with van der Waals surface area (Å²) >= 11 is 0. The Bertz CT molecular complexity index is 1130. The summed E-state index contributed by atoms with van der Waals surface area (Å²) in [5.41, 5.74) is 5.84. The number of aromatic nitrogens is 2. The number of hydrogen-bond donors (Lipinski definition) is 2. The second-order valence-electron chi connectivity index (χ2n) is 7.42. The fourth-order valence-electron chi connectivity index (χ4n) is 4.30. The summed E-state index contributed by atoms with van der Waals surface area (Å²) in [5, 5.41) is 10.6. The second-order valence-corrected chi connectivity index (χ2v) is 7.42. The zero-order valence-corrected chi connectivity index (χ0v) is 15.9. The van der Waals surface area contributed by atoms with Crippen LogP contribution in [0.2, 0.25) is 0 Å². The van der Waals surface area contributed by atoms with Crippen molar-refractivity contribution in [1.29, 1.82) is 0 Å². The van der Waals surface area contributed by atoms with Crippen molar-refractivity contribution in [3.05, 3.63) is 88.8 Å². The highest BCUT2D eigenvalue weighted by molar-refractivity contribution is 5.85. The van der Waals surface area contributed by atoms with E-state index in [1.54, 1.807) is 0 Å². The smallest absolute Gasteiger partial charge is 0.129 e. The maximum atomic E-state index is 9.31. The van der Waals surface area contributed by atoms with Crippen LogP contribution in [0.15, 0.2) is 59.0 Å². The minimum Gasteiger partial charge on any atom is -0.462 e. The molecule has 0 bridgehead atoms. The number of aromatic amines is 1. The van der Waals surface area contributed by atoms with Crippen LogP contribution in [0.25, 0.3) is 10.9 Å². The Hall–Kier alpha value is -2.89. The molecular weight excluding hydrogens is 350 g/mol. The molecule has 4 heterocycles. The summed E-state index contributed by atoms with van der Waals surface area (Å²) in [4.78, 5) is 10.9. The number of nitrogens with zero attached hydrogens (tertiary/aromatic N) is 2. The lowest BCUT2D eigenvalue weighted by molar-refractivity contribution is 0.176. The van der Waals surface area contributed by atoms with Crippen molar-refractivity contribution in [1.82, 2.24) is 14.9 Å². The third-order valence-corrected chi connectivity index (χ3v) is 5.56. The van der Waals surface area contributed by atoms with E-state index in [0.717, 1.165) is 30.1 Å². The minimum absolute atomic E-state index is 0.0405. The molecule has 5 heteroatoms. The van der Waals surface area contributed by atoms with Gasteiger partial charge in [0, 0.05) is 28.8 Å². The van der Waals surface area contributed by atoms with Crippen molar-refractivity contribution in [3.8, 4) is 0 Å². The van der Waals surface area contributed by atoms with Crippen LogP contribution in [-0.4, -0.2) is 26.5 Å². The lowest BCUT2D eigenvalue weighted by Crippen LogP contribution is -2.36. The van der Waals surface area contributed by atoms with E-state index in [-0.39, 0.29) is 12.6 Å². The van der Waals surface area contributed by atoms with E-state index >= 15 is 0 Å². The van der Waals surface area contributed by atoms with Crippen LogP contribution >= 0.6 is 0 Å². The fraction of sp³-hybridized carbons (Fsp3) is 0.261. The monoisotopic (exact) mass is 373 g/mol. The maximum absolute atomic E-state index is 9.31. The summed E-state index contributed by atoms with van der Waals surface area (Å²) in [6, 6.07) is 18.5. The highest BCUT2D eigenvalue weighted by Crippen LogP contribution is 2.38. The molecule has 1 aliphatic heterocycles. The zero-order chi connectivity index (χ0) is 19.1. The molecule has 5 nitrogen and oxygen atoms in total. The first-order valence-corrected chi connectivity index (χ1v) is 9.68. The number of H-pyrrole nitrogens is 1. The lowest BCUT2D eigenvalue weighted by atomic mass is 9.94. The van der Waals surface area contributed by atoms with Gasteiger partial charge in [-0.25, -0.2) is 0 Å². The quantitative estimate of drug-likeness (QED) is 0.565. The first-order chi connectivity index (χ1) is 13.7. The van der Waals surface area contributed by atoms with Gasteiger partial charge in [-0.05, 0) is 49.2 Å². The van der Waals surface area contributed by atoms with Gasteiger partial charge in [-0.15, -0.1) is 0 Å². The first kappa shape index (κ1) is 17.2. The number of aliphatic hydroxyl groups excluding tert-OH is 1. The number of aliphatic hydroxyl groups is 1. The summed E-state index contributed by atoms with van der Waals surface area (Å²) in [7, 11) is 0. The standard InChI is InChI=1S/C23H23N3O2/c1-15-5-4-8-21(24-15)23-22-19(18-6-2-3-7-20(18)25-22)11-12-26(23)13-16-9-10-17(14-27)28-16/h2-10,23,25,27H,11-14H2,1H3. The second kappa shape index (κ2) is 6.93. The number of benzene rings is 1. The van der Waals surface area contributed by atoms with Crippen LogP contribution in [0, 0.1) is 6.92 Å². The Kier molecular flexibility index (Phi) is 4.26. The van der Waals surface area contributed by atoms with E-state index in [1.165, 1.54) is 22.2 Å². The predicted octanol–water partition coefficient (Wildman–Crippen LogP) is 4.10. The molecule has 1 aliphatic rings. The summed E-state index contributed by atoms with van der Waals surface area (Å²) in [5.74, 6) is 1.46. The van der Waals surface area contributed by atoms with Crippen molar-refractivity contribution in [2.75, 3.05) is 6.54 Å². The molecule has 0 fully saturated rings. The number of hydrogen-bond acceptors (Lipinski definition) is 4. The third kappa shape index (κ3) is 2.93. The number of fused-ring (bicyclic) bond motifs is 3. The summed E-state index contributed by atoms with van der Waals surface area (Å²) in [6.45, 7) is 3.55. The van der Waals surface area contributed by atoms with E-state index in [1.807, 2.05) is 25.1 Å². The van der Waals surface area contributed by atoms with Crippen LogP contribution in [0.3, 0.4) is 0 Å². The van der Waals surface area contributed by atoms with Crippen molar-refractivity contribution < 1.29 is 9.52 Å². The molecule has 5 rings (SSSR count). The van der Waals surface area contributed by atoms with Crippen molar-refractivity contribution in [2.45, 2.75) is 32.5 Å². The van der Waals surface area contributed by atoms with Gasteiger partial charge in [0.1, 0.15) is 18.1 Å². The van der Waals surface area contributed by atoms with E-state index < -0.39 is 0 Å². The molecule has 1 unspecified atom stereocenters. The molecule has 142 valence electrons. The van der Waals surface area contributed by atoms with Crippen LogP contribution in [-0.2, 0) is 19.6 Å². The van der Waals surface area contributed by atoms with Crippen molar-refractivity contribution in [3.63, 3.8) is 0 Å². The van der Waals surface area contributed by atoms with Gasteiger partial charge in [0.15, 0.2) is 0 Å². The lowest BCUT2D eigenvalue weighted by Gasteiger charge is -2.35. The van der Waals surface area contributed by atoms with Crippen LogP contribution in [0.4, 0.5) is 0 Å². The molecule has 0 amide bonds. The molecule has 0 radical (unpaired) electrons. The highest BCUT2D eigenvalue weighted by atomic mass is 16.4. The van der Waals surface area contributed by atoms with E-state index in [2.05, 4.69) is 46.3 Å². The average Bonchev–Trinajstić information content (AvgIpc) is 3.31. The van der Waals surface area contributed by atoms with Gasteiger partial charge in [0.2, 0.25) is 0 Å². The van der Waals surface area contributed by atoms with Gasteiger partial charge in [0.25, 0.3) is 0 Å². The number of pyridine rings is 1. The number of para-hydroxylation sites is 1. The Morgan fingerprint density at radius 1 is 1.11 bits per heavy atom. The van der Waals surface area contributed by atoms with Gasteiger partial charge in [-0.2, -0.15) is 0 Å². The largest absolute Gasteiger partial charge is 0.462 e. The molecule has 0 saturated heterocycles. The SMILES string of the molecule is Cc1cccc(C2c3[nH]c4ccccc4c3CCN2Cc2ccc(CO)o2)n1. The van der Waals surface area contributed by atoms with Crippen molar-refractivity contribution >= 4 is 10.9 Å². The third-order valence-electron chi connectivity index (χ3n) is 5.56. The summed E-state index contributed by atoms with van der Waals surface area (Å²) in [6.07, 6.45) is 0.981. The van der Waals surface area contributed by atoms with Gasteiger partial charge < -0.3 is 14.5 Å². The maximum Gasteiger partial charge on any atom is 0.129 e. The minimum atomic E-state index is -0.0744. The number of nitrogens with one attached hydrogen (secondary N) is 1. The molecule has 0 saturated carbocycles. The number of rotatable bonds is 4. The molecule has 0 spiro atoms. The number of aryl methyl sites for hydroxylation is 1. The Balaban J connectivity index is 1.60. The van der Waals surface area contributed by atoms with Gasteiger partial charge in [-0.3, -0.25) is 9.88 Å². The highest BCUT2D eigenvalue weighted by Gasteiger charge is 2.33. The molecule has 2 N–H and O–H groups in total. The van der Waals surface area contributed by atoms with Crippen LogP contribution < -0.4 is 0 Å². The molecule has 1 aromatic carbocycles. The van der Waals surface area contributed by atoms with E-state index in [0.29, 0.717) is 12.3 Å². The number of furan rings is 1. The normalized spacial score (nSPS) is 17.1. The molecule has 3 aromatic heterocycles.